The molecule has 0 bridgehead atoms. The molecule has 0 aromatic heterocycles. The molecule has 0 unspecified atom stereocenters. The molecule has 4 rings (SSSR count). The number of anilines is 3. The van der Waals surface area contributed by atoms with Gasteiger partial charge in [0.25, 0.3) is 11.6 Å². The zero-order valence-electron chi connectivity index (χ0n) is 20.2. The summed E-state index contributed by atoms with van der Waals surface area (Å²) in [6.07, 6.45) is 4.63. The van der Waals surface area contributed by atoms with Crippen molar-refractivity contribution in [3.05, 3.63) is 58.1 Å². The molecule has 35 heavy (non-hydrogen) atoms. The van der Waals surface area contributed by atoms with E-state index in [1.165, 1.54) is 6.07 Å². The van der Waals surface area contributed by atoms with Crippen molar-refractivity contribution in [2.24, 2.45) is 0 Å². The fraction of sp³-hybridized carbons (Fsp3) is 0.462. The van der Waals surface area contributed by atoms with E-state index in [0.717, 1.165) is 57.5 Å². The van der Waals surface area contributed by atoms with E-state index in [2.05, 4.69) is 10.2 Å². The summed E-state index contributed by atoms with van der Waals surface area (Å²) in [7, 11) is 0. The number of amides is 2. The second kappa shape index (κ2) is 11.2. The Balaban J connectivity index is 1.38. The highest BCUT2D eigenvalue weighted by Gasteiger charge is 2.24. The number of hydrogen-bond acceptors (Lipinski definition) is 6. The smallest absolute Gasteiger partial charge is 0.293 e. The number of benzene rings is 2. The van der Waals surface area contributed by atoms with Crippen molar-refractivity contribution < 1.29 is 14.5 Å². The highest BCUT2D eigenvalue weighted by Crippen LogP contribution is 2.31. The van der Waals surface area contributed by atoms with Gasteiger partial charge in [0.05, 0.1) is 4.92 Å². The zero-order valence-corrected chi connectivity index (χ0v) is 20.2. The maximum absolute atomic E-state index is 12.8. The van der Waals surface area contributed by atoms with Gasteiger partial charge in [-0.15, -0.1) is 0 Å². The summed E-state index contributed by atoms with van der Waals surface area (Å²) in [6.45, 7) is 6.57. The molecule has 2 fully saturated rings. The molecule has 186 valence electrons. The van der Waals surface area contributed by atoms with Gasteiger partial charge in [0.1, 0.15) is 5.69 Å². The third-order valence-electron chi connectivity index (χ3n) is 6.72. The van der Waals surface area contributed by atoms with Gasteiger partial charge in [0.15, 0.2) is 0 Å². The van der Waals surface area contributed by atoms with E-state index in [4.69, 9.17) is 0 Å². The fourth-order valence-electron chi connectivity index (χ4n) is 4.76. The highest BCUT2D eigenvalue weighted by atomic mass is 16.6. The van der Waals surface area contributed by atoms with Gasteiger partial charge in [-0.05, 0) is 62.1 Å². The predicted octanol–water partition coefficient (Wildman–Crippen LogP) is 4.29. The number of piperidine rings is 1. The summed E-state index contributed by atoms with van der Waals surface area (Å²) in [6, 6.07) is 12.3. The van der Waals surface area contributed by atoms with Gasteiger partial charge < -0.3 is 20.0 Å². The van der Waals surface area contributed by atoms with Crippen LogP contribution >= 0.6 is 0 Å². The Morgan fingerprint density at radius 2 is 1.60 bits per heavy atom. The molecule has 0 atom stereocenters. The van der Waals surface area contributed by atoms with Gasteiger partial charge in [-0.1, -0.05) is 6.92 Å². The standard InChI is InChI=1S/C26H33N5O4/c1-2-6-25(32)30-17-15-28(16-18-30)22-10-8-21(9-11-22)27-26(33)20-7-12-23(24(19-20)31(34)35)29-13-4-3-5-14-29/h7-12,19H,2-6,13-18H2,1H3,(H,27,33). The van der Waals surface area contributed by atoms with E-state index >= 15 is 0 Å². The zero-order chi connectivity index (χ0) is 24.8. The minimum atomic E-state index is -0.412. The van der Waals surface area contributed by atoms with Crippen LogP contribution in [-0.4, -0.2) is 60.9 Å². The maximum Gasteiger partial charge on any atom is 0.293 e. The average molecular weight is 480 g/mol. The molecular formula is C26H33N5O4. The summed E-state index contributed by atoms with van der Waals surface area (Å²) >= 11 is 0. The molecular weight excluding hydrogens is 446 g/mol. The lowest BCUT2D eigenvalue weighted by atomic mass is 10.1. The molecule has 2 amide bonds. The monoisotopic (exact) mass is 479 g/mol. The number of carbonyl (C=O) groups is 2. The second-order valence-electron chi connectivity index (χ2n) is 9.13. The predicted molar refractivity (Wildman–Crippen MR) is 137 cm³/mol. The molecule has 0 radical (unpaired) electrons. The quantitative estimate of drug-likeness (QED) is 0.470. The van der Waals surface area contributed by atoms with Gasteiger partial charge in [-0.2, -0.15) is 0 Å². The Morgan fingerprint density at radius 1 is 0.914 bits per heavy atom. The molecule has 2 saturated heterocycles. The number of piperazine rings is 1. The number of hydrogen-bond donors (Lipinski definition) is 1. The Labute approximate surface area is 205 Å². The molecule has 2 aromatic carbocycles. The lowest BCUT2D eigenvalue weighted by Crippen LogP contribution is -2.48. The summed E-state index contributed by atoms with van der Waals surface area (Å²) < 4.78 is 0. The number of nitro groups is 1. The van der Waals surface area contributed by atoms with Gasteiger partial charge in [0, 0.05) is 68.7 Å². The van der Waals surface area contributed by atoms with Crippen LogP contribution in [0.1, 0.15) is 49.4 Å². The summed E-state index contributed by atoms with van der Waals surface area (Å²) in [4.78, 5) is 42.4. The first kappa shape index (κ1) is 24.5. The van der Waals surface area contributed by atoms with Crippen LogP contribution in [-0.2, 0) is 4.79 Å². The largest absolute Gasteiger partial charge is 0.368 e. The molecule has 2 aliphatic heterocycles. The molecule has 2 heterocycles. The Bertz CT molecular complexity index is 1060. The summed E-state index contributed by atoms with van der Waals surface area (Å²) in [5, 5.41) is 14.5. The summed E-state index contributed by atoms with van der Waals surface area (Å²) in [5.41, 5.74) is 2.46. The number of nitrogens with zero attached hydrogens (tertiary/aromatic N) is 4. The van der Waals surface area contributed by atoms with Crippen LogP contribution in [0, 0.1) is 10.1 Å². The number of nitro benzene ring substituents is 1. The molecule has 0 aliphatic carbocycles. The lowest BCUT2D eigenvalue weighted by molar-refractivity contribution is -0.384. The molecule has 0 spiro atoms. The molecule has 9 heteroatoms. The van der Waals surface area contributed by atoms with Crippen molar-refractivity contribution in [3.63, 3.8) is 0 Å². The van der Waals surface area contributed by atoms with E-state index in [1.54, 1.807) is 12.1 Å². The first-order chi connectivity index (χ1) is 17.0. The van der Waals surface area contributed by atoms with Crippen molar-refractivity contribution in [2.75, 3.05) is 54.4 Å². The van der Waals surface area contributed by atoms with Gasteiger partial charge in [-0.3, -0.25) is 19.7 Å². The molecule has 2 aromatic rings. The van der Waals surface area contributed by atoms with Crippen LogP contribution in [0.25, 0.3) is 0 Å². The number of nitrogens with one attached hydrogen (secondary N) is 1. The maximum atomic E-state index is 12.8. The third-order valence-corrected chi connectivity index (χ3v) is 6.72. The van der Waals surface area contributed by atoms with Crippen molar-refractivity contribution in [1.82, 2.24) is 4.90 Å². The minimum Gasteiger partial charge on any atom is -0.368 e. The SMILES string of the molecule is CCCC(=O)N1CCN(c2ccc(NC(=O)c3ccc(N4CCCCC4)c([N+](=O)[O-])c3)cc2)CC1. The Kier molecular flexibility index (Phi) is 7.84. The Hall–Kier alpha value is -3.62. The van der Waals surface area contributed by atoms with Crippen LogP contribution < -0.4 is 15.1 Å². The van der Waals surface area contributed by atoms with Gasteiger partial charge in [-0.25, -0.2) is 0 Å². The second-order valence-corrected chi connectivity index (χ2v) is 9.13. The van der Waals surface area contributed by atoms with E-state index in [-0.39, 0.29) is 23.1 Å². The van der Waals surface area contributed by atoms with Gasteiger partial charge >= 0.3 is 0 Å². The molecule has 2 aliphatic rings. The highest BCUT2D eigenvalue weighted by molar-refractivity contribution is 6.05. The minimum absolute atomic E-state index is 0.0357. The van der Waals surface area contributed by atoms with E-state index in [1.807, 2.05) is 41.0 Å². The Morgan fingerprint density at radius 3 is 2.23 bits per heavy atom. The van der Waals surface area contributed by atoms with Crippen LogP contribution in [0.5, 0.6) is 0 Å². The van der Waals surface area contributed by atoms with Crippen LogP contribution in [0.4, 0.5) is 22.7 Å². The summed E-state index contributed by atoms with van der Waals surface area (Å²) in [5.74, 6) is -0.163. The molecule has 1 N–H and O–H groups in total. The lowest BCUT2D eigenvalue weighted by Gasteiger charge is -2.36. The first-order valence-corrected chi connectivity index (χ1v) is 12.4. The third kappa shape index (κ3) is 5.90. The number of rotatable bonds is 7. The van der Waals surface area contributed by atoms with Crippen molar-refractivity contribution in [3.8, 4) is 0 Å². The topological polar surface area (TPSA) is 99.0 Å². The fourth-order valence-corrected chi connectivity index (χ4v) is 4.76. The van der Waals surface area contributed by atoms with E-state index in [9.17, 15) is 19.7 Å². The van der Waals surface area contributed by atoms with Gasteiger partial charge in [0.2, 0.25) is 5.91 Å². The first-order valence-electron chi connectivity index (χ1n) is 12.4. The number of carbonyl (C=O) groups excluding carboxylic acids is 2. The molecule has 9 nitrogen and oxygen atoms in total. The van der Waals surface area contributed by atoms with Crippen molar-refractivity contribution in [2.45, 2.75) is 39.0 Å². The van der Waals surface area contributed by atoms with Crippen LogP contribution in [0.2, 0.25) is 0 Å². The van der Waals surface area contributed by atoms with E-state index in [0.29, 0.717) is 30.9 Å². The van der Waals surface area contributed by atoms with Crippen molar-refractivity contribution >= 4 is 34.6 Å². The average Bonchev–Trinajstić information content (AvgIpc) is 2.89. The van der Waals surface area contributed by atoms with Crippen LogP contribution in [0.15, 0.2) is 42.5 Å². The van der Waals surface area contributed by atoms with Crippen molar-refractivity contribution in [1.29, 1.82) is 0 Å². The van der Waals surface area contributed by atoms with Crippen LogP contribution in [0.3, 0.4) is 0 Å². The van der Waals surface area contributed by atoms with E-state index < -0.39 is 4.92 Å². The molecule has 0 saturated carbocycles. The normalized spacial score (nSPS) is 16.2.